The second-order valence-corrected chi connectivity index (χ2v) is 11.5. The molecule has 2 atom stereocenters. The number of cyclic esters (lactones) is 2. The van der Waals surface area contributed by atoms with Crippen LogP contribution in [-0.4, -0.2) is 67.7 Å². The number of hydrogen-bond acceptors (Lipinski definition) is 10. The first-order valence-electron chi connectivity index (χ1n) is 13.6. The van der Waals surface area contributed by atoms with E-state index >= 15 is 0 Å². The maximum Gasteiger partial charge on any atom is 1.00 e. The average Bonchev–Trinajstić information content (AvgIpc) is 2.94. The summed E-state index contributed by atoms with van der Waals surface area (Å²) >= 11 is 0. The number of rotatable bonds is 17. The van der Waals surface area contributed by atoms with E-state index in [0.29, 0.717) is 6.42 Å². The van der Waals surface area contributed by atoms with Gasteiger partial charge in [0.25, 0.3) is 0 Å². The first kappa shape index (κ1) is 37.8. The number of esters is 3. The molecule has 10 nitrogen and oxygen atoms in total. The molecular weight excluding hydrogens is 539 g/mol. The van der Waals surface area contributed by atoms with Crippen molar-refractivity contribution in [3.8, 4) is 11.8 Å². The van der Waals surface area contributed by atoms with Gasteiger partial charge in [0.1, 0.15) is 29.9 Å². The van der Waals surface area contributed by atoms with E-state index < -0.39 is 71.5 Å². The molecule has 0 saturated carbocycles. The van der Waals surface area contributed by atoms with E-state index in [9.17, 15) is 32.5 Å². The van der Waals surface area contributed by atoms with Gasteiger partial charge in [-0.05, 0) is 19.3 Å². The van der Waals surface area contributed by atoms with Crippen LogP contribution in [0.1, 0.15) is 103 Å². The van der Waals surface area contributed by atoms with Gasteiger partial charge in [-0.2, -0.15) is 0 Å². The zero-order chi connectivity index (χ0) is 28.3. The van der Waals surface area contributed by atoms with Crippen LogP contribution in [0.4, 0.5) is 0 Å². The van der Waals surface area contributed by atoms with Crippen LogP contribution >= 0.6 is 0 Å². The number of carbonyl (C=O) groups is 3. The predicted octanol–water partition coefficient (Wildman–Crippen LogP) is 0.401. The van der Waals surface area contributed by atoms with Crippen LogP contribution in [0.2, 0.25) is 0 Å². The first-order valence-corrected chi connectivity index (χ1v) is 15.1. The Kier molecular flexibility index (Phi) is 20.9. The van der Waals surface area contributed by atoms with Crippen LogP contribution in [0.5, 0.6) is 0 Å². The van der Waals surface area contributed by atoms with Crippen LogP contribution in [0.25, 0.3) is 0 Å². The Labute approximate surface area is 255 Å². The number of hydrogen-bond donors (Lipinski definition) is 1. The van der Waals surface area contributed by atoms with Crippen molar-refractivity contribution in [3.63, 3.8) is 0 Å². The molecule has 0 bridgehead atoms. The molecule has 0 radical (unpaired) electrons. The molecule has 1 rings (SSSR count). The molecule has 1 N–H and O–H groups in total. The van der Waals surface area contributed by atoms with Crippen molar-refractivity contribution in [2.24, 2.45) is 5.41 Å². The van der Waals surface area contributed by atoms with E-state index in [-0.39, 0.29) is 36.0 Å². The summed E-state index contributed by atoms with van der Waals surface area (Å²) in [5.41, 5.74) is -1.46. The smallest absolute Gasteiger partial charge is 0.747 e. The Morgan fingerprint density at radius 1 is 0.974 bits per heavy atom. The fourth-order valence-corrected chi connectivity index (χ4v) is 4.46. The van der Waals surface area contributed by atoms with Gasteiger partial charge in [0.05, 0.1) is 18.4 Å². The van der Waals surface area contributed by atoms with Gasteiger partial charge in [0.2, 0.25) is 0 Å². The maximum atomic E-state index is 12.2. The van der Waals surface area contributed by atoms with Crippen molar-refractivity contribution in [1.82, 2.24) is 0 Å². The van der Waals surface area contributed by atoms with Gasteiger partial charge in [-0.3, -0.25) is 14.4 Å². The third-order valence-electron chi connectivity index (χ3n) is 6.36. The van der Waals surface area contributed by atoms with E-state index in [1.807, 2.05) is 0 Å². The zero-order valence-electron chi connectivity index (χ0n) is 23.5. The summed E-state index contributed by atoms with van der Waals surface area (Å²) in [6, 6.07) is 0. The molecule has 39 heavy (non-hydrogen) atoms. The van der Waals surface area contributed by atoms with E-state index in [1.54, 1.807) is 0 Å². The molecule has 1 aliphatic rings. The van der Waals surface area contributed by atoms with Crippen LogP contribution in [0, 0.1) is 17.3 Å². The van der Waals surface area contributed by atoms with E-state index in [2.05, 4.69) is 18.8 Å². The predicted molar refractivity (Wildman–Crippen MR) is 139 cm³/mol. The van der Waals surface area contributed by atoms with Gasteiger partial charge < -0.3 is 23.9 Å². The van der Waals surface area contributed by atoms with Gasteiger partial charge in [-0.1, -0.05) is 58.3 Å². The summed E-state index contributed by atoms with van der Waals surface area (Å²) in [5.74, 6) is 3.43. The molecule has 12 heteroatoms. The van der Waals surface area contributed by atoms with E-state index in [1.165, 1.54) is 38.5 Å². The first-order chi connectivity index (χ1) is 18.1. The summed E-state index contributed by atoms with van der Waals surface area (Å²) in [7, 11) is -5.14. The third kappa shape index (κ3) is 17.3. The molecule has 1 heterocycles. The largest absolute Gasteiger partial charge is 1.00 e. The average molecular weight is 583 g/mol. The van der Waals surface area contributed by atoms with Crippen LogP contribution in [0.15, 0.2) is 0 Å². The Bertz CT molecular complexity index is 896. The number of aliphatic hydroxyl groups is 1. The number of ether oxygens (including phenoxy) is 3. The van der Waals surface area contributed by atoms with Crippen LogP contribution < -0.4 is 29.6 Å². The standard InChI is InChI=1S/C27H44O10S.Na/c1-2-3-4-5-6-7-8-9-10-11-12-13-14-15-16-17-24(29)35-20-27(19-28)21-36-25(30)18-23(38(32,33)34)26(31)37-22-27;/h23,28H,2-8,11-22H2,1H3,(H,32,33,34);/q;+1/p-1. The molecular formula is C27H43NaO10S. The minimum atomic E-state index is -5.14. The van der Waals surface area contributed by atoms with Crippen molar-refractivity contribution in [1.29, 1.82) is 0 Å². The van der Waals surface area contributed by atoms with E-state index in [0.717, 1.165) is 38.5 Å². The third-order valence-corrected chi connectivity index (χ3v) is 7.42. The molecule has 0 spiro atoms. The molecule has 2 unspecified atom stereocenters. The maximum absolute atomic E-state index is 12.2. The molecule has 0 aromatic heterocycles. The minimum absolute atomic E-state index is 0. The molecule has 1 saturated heterocycles. The number of unbranched alkanes of at least 4 members (excludes halogenated alkanes) is 11. The van der Waals surface area contributed by atoms with Crippen molar-refractivity contribution in [2.75, 3.05) is 26.4 Å². The molecule has 1 fully saturated rings. The number of aliphatic hydroxyl groups excluding tert-OH is 1. The Morgan fingerprint density at radius 3 is 2.08 bits per heavy atom. The summed E-state index contributed by atoms with van der Waals surface area (Å²) < 4.78 is 48.8. The Hall–Kier alpha value is -1.16. The van der Waals surface area contributed by atoms with Gasteiger partial charge in [-0.25, -0.2) is 8.42 Å². The van der Waals surface area contributed by atoms with E-state index in [4.69, 9.17) is 14.2 Å². The minimum Gasteiger partial charge on any atom is -0.747 e. The quantitative estimate of drug-likeness (QED) is 0.0636. The number of carbonyl (C=O) groups excluding carboxylic acids is 3. The van der Waals surface area contributed by atoms with Crippen molar-refractivity contribution < 1.29 is 76.2 Å². The molecule has 218 valence electrons. The van der Waals surface area contributed by atoms with Crippen molar-refractivity contribution >= 4 is 28.0 Å². The monoisotopic (exact) mass is 582 g/mol. The second kappa shape index (κ2) is 21.6. The van der Waals surface area contributed by atoms with Gasteiger partial charge in [0.15, 0.2) is 5.25 Å². The van der Waals surface area contributed by atoms with Crippen molar-refractivity contribution in [3.05, 3.63) is 0 Å². The summed E-state index contributed by atoms with van der Waals surface area (Å²) in [5, 5.41) is 7.58. The van der Waals surface area contributed by atoms with Gasteiger partial charge in [-0.15, -0.1) is 11.8 Å². The summed E-state index contributed by atoms with van der Waals surface area (Å²) in [4.78, 5) is 36.0. The zero-order valence-corrected chi connectivity index (χ0v) is 26.4. The molecule has 0 aliphatic carbocycles. The molecule has 0 aromatic rings. The normalized spacial score (nSPS) is 19.7. The fourth-order valence-electron chi connectivity index (χ4n) is 3.82. The van der Waals surface area contributed by atoms with Gasteiger partial charge >= 0.3 is 47.5 Å². The van der Waals surface area contributed by atoms with Gasteiger partial charge in [0, 0.05) is 19.3 Å². The van der Waals surface area contributed by atoms with Crippen LogP contribution in [0.3, 0.4) is 0 Å². The van der Waals surface area contributed by atoms with Crippen LogP contribution in [-0.2, 0) is 38.7 Å². The fraction of sp³-hybridized carbons (Fsp3) is 0.815. The summed E-state index contributed by atoms with van der Waals surface area (Å²) in [6.45, 7) is 0.0763. The van der Waals surface area contributed by atoms with Crippen molar-refractivity contribution in [2.45, 2.75) is 108 Å². The summed E-state index contributed by atoms with van der Waals surface area (Å²) in [6.07, 6.45) is 13.2. The topological polar surface area (TPSA) is 156 Å². The Balaban J connectivity index is 0.0000144. The molecule has 0 amide bonds. The SMILES string of the molecule is CCCCCCCCC#CCCCCCCCC(=O)OCC1(CO)COC(=O)CC(S(=O)(=O)[O-])C(=O)OC1.[Na+]. The molecule has 1 aliphatic heterocycles. The second-order valence-electron chi connectivity index (χ2n) is 9.91. The molecule has 0 aromatic carbocycles. The Morgan fingerprint density at radius 2 is 1.51 bits per heavy atom.